The fourth-order valence-corrected chi connectivity index (χ4v) is 4.90. The molecular weight excluding hydrogens is 501 g/mol. The number of benzene rings is 3. The van der Waals surface area contributed by atoms with E-state index in [1.807, 2.05) is 60.9 Å². The van der Waals surface area contributed by atoms with E-state index in [9.17, 15) is 4.39 Å². The molecule has 4 heterocycles. The second-order valence-corrected chi connectivity index (χ2v) is 9.63. The Balaban J connectivity index is 1.20. The summed E-state index contributed by atoms with van der Waals surface area (Å²) < 4.78 is 13.5. The molecule has 0 bridgehead atoms. The van der Waals surface area contributed by atoms with Crippen molar-refractivity contribution in [3.05, 3.63) is 120 Å². The summed E-state index contributed by atoms with van der Waals surface area (Å²) in [5.74, 6) is 0.338. The highest BCUT2D eigenvalue weighted by atomic mass is 19.1. The summed E-state index contributed by atoms with van der Waals surface area (Å²) in [7, 11) is 0. The molecule has 0 unspecified atom stereocenters. The first-order valence-corrected chi connectivity index (χ1v) is 13.0. The average molecular weight is 526 g/mol. The molecule has 7 aromatic rings. The molecule has 8 heteroatoms. The quantitative estimate of drug-likeness (QED) is 0.216. The van der Waals surface area contributed by atoms with Crippen LogP contribution in [0.5, 0.6) is 0 Å². The summed E-state index contributed by atoms with van der Waals surface area (Å²) in [4.78, 5) is 17.7. The third kappa shape index (κ3) is 4.61. The van der Waals surface area contributed by atoms with Crippen molar-refractivity contribution >= 4 is 22.1 Å². The molecule has 0 saturated heterocycles. The third-order valence-corrected chi connectivity index (χ3v) is 6.89. The molecule has 194 valence electrons. The predicted octanol–water partition coefficient (Wildman–Crippen LogP) is 6.66. The maximum atomic E-state index is 13.5. The van der Waals surface area contributed by atoms with E-state index in [0.717, 1.165) is 51.0 Å². The number of hydrogen-bond donors (Lipinski definition) is 3. The Morgan fingerprint density at radius 3 is 2.42 bits per heavy atom. The summed E-state index contributed by atoms with van der Waals surface area (Å²) in [5, 5.41) is 11.1. The highest BCUT2D eigenvalue weighted by molar-refractivity contribution is 5.96. The minimum absolute atomic E-state index is 0.271. The average Bonchev–Trinajstić information content (AvgIpc) is 3.62. The molecule has 40 heavy (non-hydrogen) atoms. The zero-order valence-electron chi connectivity index (χ0n) is 21.4. The van der Waals surface area contributed by atoms with Crippen LogP contribution in [-0.4, -0.2) is 30.1 Å². The number of imidazole rings is 1. The summed E-state index contributed by atoms with van der Waals surface area (Å²) in [5.41, 5.74) is 9.66. The van der Waals surface area contributed by atoms with Crippen LogP contribution in [0.15, 0.2) is 103 Å². The van der Waals surface area contributed by atoms with Gasteiger partial charge in [-0.2, -0.15) is 5.10 Å². The second kappa shape index (κ2) is 10.2. The Bertz CT molecular complexity index is 1940. The number of aromatic amines is 2. The van der Waals surface area contributed by atoms with Gasteiger partial charge in [-0.25, -0.2) is 14.4 Å². The van der Waals surface area contributed by atoms with E-state index in [-0.39, 0.29) is 5.82 Å². The van der Waals surface area contributed by atoms with Gasteiger partial charge in [0.15, 0.2) is 11.5 Å². The molecule has 0 aliphatic rings. The number of nitrogens with zero attached hydrogens (tertiary/aromatic N) is 4. The number of hydrogen-bond acceptors (Lipinski definition) is 5. The minimum Gasteiger partial charge on any atom is -0.336 e. The lowest BCUT2D eigenvalue weighted by atomic mass is 10.0. The number of fused-ring (bicyclic) bond motifs is 2. The van der Waals surface area contributed by atoms with Gasteiger partial charge in [-0.05, 0) is 53.1 Å². The van der Waals surface area contributed by atoms with Gasteiger partial charge >= 0.3 is 0 Å². The van der Waals surface area contributed by atoms with Crippen molar-refractivity contribution in [2.24, 2.45) is 0 Å². The number of nitrogens with one attached hydrogen (secondary N) is 3. The summed E-state index contributed by atoms with van der Waals surface area (Å²) in [6.45, 7) is 1.48. The van der Waals surface area contributed by atoms with Crippen molar-refractivity contribution in [2.75, 3.05) is 0 Å². The van der Waals surface area contributed by atoms with Gasteiger partial charge in [-0.1, -0.05) is 54.6 Å². The van der Waals surface area contributed by atoms with E-state index < -0.39 is 0 Å². The van der Waals surface area contributed by atoms with Gasteiger partial charge in [0.25, 0.3) is 0 Å². The number of rotatable bonds is 7. The molecule has 0 saturated carbocycles. The lowest BCUT2D eigenvalue weighted by Gasteiger charge is -2.07. The van der Waals surface area contributed by atoms with Crippen LogP contribution in [0.25, 0.3) is 56.0 Å². The van der Waals surface area contributed by atoms with Crippen LogP contribution in [0.1, 0.15) is 11.1 Å². The van der Waals surface area contributed by atoms with Gasteiger partial charge in [0.2, 0.25) is 0 Å². The van der Waals surface area contributed by atoms with E-state index in [1.165, 1.54) is 17.7 Å². The van der Waals surface area contributed by atoms with Crippen LogP contribution in [0, 0.1) is 5.82 Å². The van der Waals surface area contributed by atoms with Crippen LogP contribution in [0.4, 0.5) is 4.39 Å². The van der Waals surface area contributed by atoms with Gasteiger partial charge in [0.1, 0.15) is 11.3 Å². The van der Waals surface area contributed by atoms with Crippen molar-refractivity contribution in [1.29, 1.82) is 0 Å². The molecule has 0 fully saturated rings. The normalized spacial score (nSPS) is 11.4. The third-order valence-electron chi connectivity index (χ3n) is 6.89. The fourth-order valence-electron chi connectivity index (χ4n) is 4.90. The molecule has 0 atom stereocenters. The van der Waals surface area contributed by atoms with Crippen LogP contribution in [-0.2, 0) is 13.1 Å². The van der Waals surface area contributed by atoms with Crippen molar-refractivity contribution in [1.82, 2.24) is 35.5 Å². The molecule has 0 spiro atoms. The van der Waals surface area contributed by atoms with Gasteiger partial charge < -0.3 is 10.3 Å². The Hall–Kier alpha value is -5.21. The van der Waals surface area contributed by atoms with E-state index in [4.69, 9.17) is 9.97 Å². The standard InChI is InChI=1S/C32H24FN7/c33-24-11-9-22(10-12-24)25-7-4-8-27-29(25)38-32(37-27)31-30-28(39-40-31)14-13-26(36-30)23-15-21(18-35-19-23)17-34-16-20-5-2-1-3-6-20/h1-15,18-19,34H,16-17H2,(H,37,38)(H,39,40). The molecule has 0 radical (unpaired) electrons. The van der Waals surface area contributed by atoms with Crippen LogP contribution < -0.4 is 5.32 Å². The maximum Gasteiger partial charge on any atom is 0.161 e. The monoisotopic (exact) mass is 525 g/mol. The van der Waals surface area contributed by atoms with Crippen LogP contribution in [0.3, 0.4) is 0 Å². The van der Waals surface area contributed by atoms with Gasteiger partial charge in [-0.15, -0.1) is 0 Å². The molecule has 3 N–H and O–H groups in total. The van der Waals surface area contributed by atoms with Gasteiger partial charge in [0.05, 0.1) is 22.2 Å². The predicted molar refractivity (Wildman–Crippen MR) is 155 cm³/mol. The lowest BCUT2D eigenvalue weighted by molar-refractivity contribution is 0.628. The number of aromatic nitrogens is 6. The summed E-state index contributed by atoms with van der Waals surface area (Å²) in [6, 6.07) is 28.7. The first-order valence-electron chi connectivity index (χ1n) is 13.0. The zero-order chi connectivity index (χ0) is 26.9. The molecule has 4 aromatic heterocycles. The zero-order valence-corrected chi connectivity index (χ0v) is 21.4. The molecule has 0 aliphatic heterocycles. The maximum absolute atomic E-state index is 13.5. The Morgan fingerprint density at radius 1 is 0.700 bits per heavy atom. The van der Waals surface area contributed by atoms with E-state index in [0.29, 0.717) is 23.6 Å². The number of halogens is 1. The number of pyridine rings is 2. The van der Waals surface area contributed by atoms with Crippen molar-refractivity contribution in [3.8, 4) is 33.9 Å². The lowest BCUT2D eigenvalue weighted by Crippen LogP contribution is -2.12. The summed E-state index contributed by atoms with van der Waals surface area (Å²) in [6.07, 6.45) is 3.70. The summed E-state index contributed by atoms with van der Waals surface area (Å²) >= 11 is 0. The molecule has 0 amide bonds. The molecule has 7 nitrogen and oxygen atoms in total. The van der Waals surface area contributed by atoms with E-state index in [1.54, 1.807) is 12.1 Å². The van der Waals surface area contributed by atoms with Crippen LogP contribution in [0.2, 0.25) is 0 Å². The first kappa shape index (κ1) is 23.9. The highest BCUT2D eigenvalue weighted by Crippen LogP contribution is 2.32. The Labute approximate surface area is 229 Å². The van der Waals surface area contributed by atoms with Crippen LogP contribution >= 0.6 is 0 Å². The smallest absolute Gasteiger partial charge is 0.161 e. The van der Waals surface area contributed by atoms with Crippen molar-refractivity contribution in [3.63, 3.8) is 0 Å². The number of para-hydroxylation sites is 1. The molecular formula is C32H24FN7. The van der Waals surface area contributed by atoms with Gasteiger partial charge in [0, 0.05) is 36.6 Å². The largest absolute Gasteiger partial charge is 0.336 e. The van der Waals surface area contributed by atoms with Crippen molar-refractivity contribution < 1.29 is 4.39 Å². The first-order chi connectivity index (χ1) is 19.7. The van der Waals surface area contributed by atoms with E-state index in [2.05, 4.69) is 43.7 Å². The fraction of sp³-hybridized carbons (Fsp3) is 0.0625. The second-order valence-electron chi connectivity index (χ2n) is 9.63. The van der Waals surface area contributed by atoms with Crippen molar-refractivity contribution in [2.45, 2.75) is 13.1 Å². The molecule has 3 aromatic carbocycles. The Kier molecular flexibility index (Phi) is 6.07. The van der Waals surface area contributed by atoms with Gasteiger partial charge in [-0.3, -0.25) is 10.1 Å². The minimum atomic E-state index is -0.271. The number of H-pyrrole nitrogens is 2. The van der Waals surface area contributed by atoms with E-state index >= 15 is 0 Å². The topological polar surface area (TPSA) is 95.2 Å². The molecule has 0 aliphatic carbocycles. The SMILES string of the molecule is Fc1ccc(-c2cccc3[nH]c(-c4n[nH]c5ccc(-c6cncc(CNCc7ccccc7)c6)nc45)nc23)cc1. The highest BCUT2D eigenvalue weighted by Gasteiger charge is 2.17. The molecule has 7 rings (SSSR count). The Morgan fingerprint density at radius 2 is 1.55 bits per heavy atom.